The van der Waals surface area contributed by atoms with Crippen molar-refractivity contribution in [2.45, 2.75) is 25.3 Å². The van der Waals surface area contributed by atoms with Gasteiger partial charge in [0.05, 0.1) is 6.61 Å². The molecule has 4 heteroatoms. The molecule has 0 amide bonds. The van der Waals surface area contributed by atoms with Crippen LogP contribution < -0.4 is 11.1 Å². The molecular formula is C11H24N2O2. The molecule has 1 fully saturated rings. The van der Waals surface area contributed by atoms with Crippen molar-refractivity contribution in [1.29, 1.82) is 0 Å². The lowest BCUT2D eigenvalue weighted by Gasteiger charge is -2.12. The molecule has 1 atom stereocenters. The zero-order valence-corrected chi connectivity index (χ0v) is 9.71. The zero-order chi connectivity index (χ0) is 10.9. The normalized spacial score (nSPS) is 18.0. The van der Waals surface area contributed by atoms with Crippen LogP contribution in [0.2, 0.25) is 0 Å². The minimum atomic E-state index is 0.188. The summed E-state index contributed by atoms with van der Waals surface area (Å²) in [5.41, 5.74) is 5.85. The summed E-state index contributed by atoms with van der Waals surface area (Å²) in [5.74, 6) is 0.856. The van der Waals surface area contributed by atoms with E-state index in [9.17, 15) is 0 Å². The van der Waals surface area contributed by atoms with Gasteiger partial charge in [-0.05, 0) is 25.2 Å². The maximum absolute atomic E-state index is 5.85. The first-order chi connectivity index (χ1) is 7.33. The first-order valence-electron chi connectivity index (χ1n) is 5.86. The molecule has 1 rings (SSSR count). The van der Waals surface area contributed by atoms with Crippen LogP contribution in [0.5, 0.6) is 0 Å². The Morgan fingerprint density at radius 1 is 1.40 bits per heavy atom. The van der Waals surface area contributed by atoms with Gasteiger partial charge in [-0.15, -0.1) is 0 Å². The van der Waals surface area contributed by atoms with Crippen molar-refractivity contribution >= 4 is 0 Å². The zero-order valence-electron chi connectivity index (χ0n) is 9.71. The van der Waals surface area contributed by atoms with E-state index in [2.05, 4.69) is 5.32 Å². The van der Waals surface area contributed by atoms with Gasteiger partial charge in [0, 0.05) is 39.5 Å². The molecule has 0 spiro atoms. The predicted octanol–water partition coefficient (Wildman–Crippen LogP) is 0.366. The van der Waals surface area contributed by atoms with Crippen LogP contribution in [-0.4, -0.2) is 46.1 Å². The van der Waals surface area contributed by atoms with Crippen LogP contribution >= 0.6 is 0 Å². The Hall–Kier alpha value is -0.160. The third kappa shape index (κ3) is 7.73. The first kappa shape index (κ1) is 12.9. The smallest absolute Gasteiger partial charge is 0.0591 e. The number of rotatable bonds is 10. The molecule has 1 aliphatic carbocycles. The van der Waals surface area contributed by atoms with E-state index >= 15 is 0 Å². The molecule has 4 nitrogen and oxygen atoms in total. The predicted molar refractivity (Wildman–Crippen MR) is 60.9 cm³/mol. The number of nitrogens with two attached hydrogens (primary N) is 1. The van der Waals surface area contributed by atoms with E-state index in [0.717, 1.165) is 45.2 Å². The van der Waals surface area contributed by atoms with Crippen LogP contribution in [0.4, 0.5) is 0 Å². The Morgan fingerprint density at radius 3 is 2.87 bits per heavy atom. The lowest BCUT2D eigenvalue weighted by molar-refractivity contribution is 0.125. The van der Waals surface area contributed by atoms with Crippen LogP contribution in [-0.2, 0) is 9.47 Å². The molecule has 0 saturated heterocycles. The van der Waals surface area contributed by atoms with Crippen LogP contribution in [0.3, 0.4) is 0 Å². The molecule has 0 aliphatic heterocycles. The quantitative estimate of drug-likeness (QED) is 0.518. The Bertz CT molecular complexity index is 152. The van der Waals surface area contributed by atoms with E-state index < -0.39 is 0 Å². The highest BCUT2D eigenvalue weighted by atomic mass is 16.5. The van der Waals surface area contributed by atoms with E-state index in [1.54, 1.807) is 7.11 Å². The third-order valence-electron chi connectivity index (χ3n) is 2.57. The maximum Gasteiger partial charge on any atom is 0.0591 e. The molecule has 1 aliphatic rings. The topological polar surface area (TPSA) is 56.5 Å². The first-order valence-corrected chi connectivity index (χ1v) is 5.86. The van der Waals surface area contributed by atoms with E-state index in [0.29, 0.717) is 0 Å². The van der Waals surface area contributed by atoms with Gasteiger partial charge in [0.2, 0.25) is 0 Å². The summed E-state index contributed by atoms with van der Waals surface area (Å²) in [7, 11) is 1.70. The molecule has 0 aromatic carbocycles. The molecule has 0 aromatic heterocycles. The van der Waals surface area contributed by atoms with Crippen LogP contribution in [0, 0.1) is 5.92 Å². The highest BCUT2D eigenvalue weighted by Gasteiger charge is 2.20. The fourth-order valence-electron chi connectivity index (χ4n) is 1.34. The van der Waals surface area contributed by atoms with Crippen LogP contribution in [0.25, 0.3) is 0 Å². The summed E-state index contributed by atoms with van der Waals surface area (Å²) >= 11 is 0. The molecular weight excluding hydrogens is 192 g/mol. The molecule has 3 N–H and O–H groups in total. The molecule has 0 heterocycles. The summed E-state index contributed by atoms with van der Waals surface area (Å²) in [6.45, 7) is 4.22. The van der Waals surface area contributed by atoms with Crippen LogP contribution in [0.1, 0.15) is 19.3 Å². The molecule has 15 heavy (non-hydrogen) atoms. The number of hydrogen-bond acceptors (Lipinski definition) is 4. The summed E-state index contributed by atoms with van der Waals surface area (Å²) < 4.78 is 10.5. The second-order valence-electron chi connectivity index (χ2n) is 4.26. The fraction of sp³-hybridized carbons (Fsp3) is 1.00. The van der Waals surface area contributed by atoms with Gasteiger partial charge in [-0.1, -0.05) is 0 Å². The van der Waals surface area contributed by atoms with Crippen molar-refractivity contribution < 1.29 is 9.47 Å². The second-order valence-corrected chi connectivity index (χ2v) is 4.26. The van der Waals surface area contributed by atoms with Gasteiger partial charge in [-0.2, -0.15) is 0 Å². The van der Waals surface area contributed by atoms with Crippen molar-refractivity contribution in [2.75, 3.05) is 40.0 Å². The highest BCUT2D eigenvalue weighted by molar-refractivity contribution is 4.72. The summed E-state index contributed by atoms with van der Waals surface area (Å²) in [5, 5.41) is 3.28. The maximum atomic E-state index is 5.85. The molecule has 0 bridgehead atoms. The van der Waals surface area contributed by atoms with Crippen molar-refractivity contribution in [1.82, 2.24) is 5.32 Å². The molecule has 1 unspecified atom stereocenters. The SMILES string of the molecule is COCCC(N)CNCCOCC1CC1. The largest absolute Gasteiger partial charge is 0.385 e. The standard InChI is InChI=1S/C11H24N2O2/c1-14-6-4-11(12)8-13-5-7-15-9-10-2-3-10/h10-11,13H,2-9,12H2,1H3. The third-order valence-corrected chi connectivity index (χ3v) is 2.57. The van der Waals surface area contributed by atoms with Crippen molar-refractivity contribution in [3.63, 3.8) is 0 Å². The highest BCUT2D eigenvalue weighted by Crippen LogP contribution is 2.28. The minimum absolute atomic E-state index is 0.188. The lowest BCUT2D eigenvalue weighted by atomic mass is 10.2. The summed E-state index contributed by atoms with van der Waals surface area (Å²) in [6.07, 6.45) is 3.62. The lowest BCUT2D eigenvalue weighted by Crippen LogP contribution is -2.36. The average Bonchev–Trinajstić information content (AvgIpc) is 3.04. The van der Waals surface area contributed by atoms with Gasteiger partial charge < -0.3 is 20.5 Å². The molecule has 90 valence electrons. The van der Waals surface area contributed by atoms with E-state index in [1.807, 2.05) is 0 Å². The van der Waals surface area contributed by atoms with Crippen molar-refractivity contribution in [3.05, 3.63) is 0 Å². The van der Waals surface area contributed by atoms with Gasteiger partial charge in [0.25, 0.3) is 0 Å². The van der Waals surface area contributed by atoms with Gasteiger partial charge in [-0.25, -0.2) is 0 Å². The van der Waals surface area contributed by atoms with Gasteiger partial charge in [-0.3, -0.25) is 0 Å². The monoisotopic (exact) mass is 216 g/mol. The second kappa shape index (κ2) is 8.05. The number of hydrogen-bond donors (Lipinski definition) is 2. The average molecular weight is 216 g/mol. The molecule has 0 radical (unpaired) electrons. The summed E-state index contributed by atoms with van der Waals surface area (Å²) in [6, 6.07) is 0.188. The fourth-order valence-corrected chi connectivity index (χ4v) is 1.34. The van der Waals surface area contributed by atoms with E-state index in [1.165, 1.54) is 12.8 Å². The number of methoxy groups -OCH3 is 1. The van der Waals surface area contributed by atoms with Crippen LogP contribution in [0.15, 0.2) is 0 Å². The Morgan fingerprint density at radius 2 is 2.20 bits per heavy atom. The number of ether oxygens (including phenoxy) is 2. The van der Waals surface area contributed by atoms with Gasteiger partial charge in [0.15, 0.2) is 0 Å². The summed E-state index contributed by atoms with van der Waals surface area (Å²) in [4.78, 5) is 0. The number of nitrogens with one attached hydrogen (secondary N) is 1. The molecule has 1 saturated carbocycles. The minimum Gasteiger partial charge on any atom is -0.385 e. The molecule has 0 aromatic rings. The Kier molecular flexibility index (Phi) is 6.92. The van der Waals surface area contributed by atoms with E-state index in [4.69, 9.17) is 15.2 Å². The Balaban J connectivity index is 1.74. The van der Waals surface area contributed by atoms with E-state index in [-0.39, 0.29) is 6.04 Å². The van der Waals surface area contributed by atoms with Gasteiger partial charge in [0.1, 0.15) is 0 Å². The van der Waals surface area contributed by atoms with Crippen molar-refractivity contribution in [3.8, 4) is 0 Å². The van der Waals surface area contributed by atoms with Gasteiger partial charge >= 0.3 is 0 Å². The van der Waals surface area contributed by atoms with Crippen molar-refractivity contribution in [2.24, 2.45) is 11.7 Å². The Labute approximate surface area is 92.5 Å².